The lowest BCUT2D eigenvalue weighted by Gasteiger charge is -2.38. The molecule has 2 aliphatic rings. The van der Waals surface area contributed by atoms with Crippen LogP contribution in [0.3, 0.4) is 0 Å². The molecule has 8 heteroatoms. The minimum Gasteiger partial charge on any atom is -0.450 e. The van der Waals surface area contributed by atoms with E-state index in [1.807, 2.05) is 35.2 Å². The zero-order chi connectivity index (χ0) is 19.9. The lowest BCUT2D eigenvalue weighted by atomic mass is 9.95. The summed E-state index contributed by atoms with van der Waals surface area (Å²) in [6, 6.07) is 9.23. The van der Waals surface area contributed by atoms with Crippen molar-refractivity contribution in [3.8, 4) is 0 Å². The van der Waals surface area contributed by atoms with E-state index in [0.29, 0.717) is 58.7 Å². The summed E-state index contributed by atoms with van der Waals surface area (Å²) in [6.07, 6.45) is 1.02. The standard InChI is InChI=1S/C20H28N4O4/c1-2-28-20(27)24-14-12-22(13-15-24)18(25)16-8-10-23(11-9-16)19(26)21-17-6-4-3-5-7-17/h3-7,16H,2,8-15H2,1H3,(H,21,26). The molecule has 1 aromatic rings. The van der Waals surface area contributed by atoms with Crippen LogP contribution in [0.4, 0.5) is 15.3 Å². The number of urea groups is 1. The topological polar surface area (TPSA) is 82.2 Å². The van der Waals surface area contributed by atoms with Gasteiger partial charge in [0, 0.05) is 50.9 Å². The van der Waals surface area contributed by atoms with Gasteiger partial charge in [0.1, 0.15) is 0 Å². The van der Waals surface area contributed by atoms with Crippen LogP contribution < -0.4 is 5.32 Å². The second-order valence-electron chi connectivity index (χ2n) is 7.07. The highest BCUT2D eigenvalue weighted by atomic mass is 16.6. The molecule has 0 bridgehead atoms. The van der Waals surface area contributed by atoms with E-state index in [1.165, 1.54) is 0 Å². The van der Waals surface area contributed by atoms with Gasteiger partial charge < -0.3 is 24.8 Å². The highest BCUT2D eigenvalue weighted by molar-refractivity contribution is 5.89. The van der Waals surface area contributed by atoms with Gasteiger partial charge >= 0.3 is 12.1 Å². The maximum atomic E-state index is 12.8. The third-order valence-electron chi connectivity index (χ3n) is 5.27. The lowest BCUT2D eigenvalue weighted by molar-refractivity contribution is -0.138. The van der Waals surface area contributed by atoms with E-state index in [0.717, 1.165) is 5.69 Å². The number of nitrogens with zero attached hydrogens (tertiary/aromatic N) is 3. The summed E-state index contributed by atoms with van der Waals surface area (Å²) in [7, 11) is 0. The van der Waals surface area contributed by atoms with Gasteiger partial charge in [-0.3, -0.25) is 4.79 Å². The quantitative estimate of drug-likeness (QED) is 0.861. The van der Waals surface area contributed by atoms with Crippen LogP contribution in [-0.2, 0) is 9.53 Å². The van der Waals surface area contributed by atoms with Crippen molar-refractivity contribution < 1.29 is 19.1 Å². The summed E-state index contributed by atoms with van der Waals surface area (Å²) >= 11 is 0. The molecule has 0 atom stereocenters. The first-order valence-corrected chi connectivity index (χ1v) is 9.90. The molecule has 0 aliphatic carbocycles. The number of rotatable bonds is 3. The van der Waals surface area contributed by atoms with Crippen molar-refractivity contribution in [2.75, 3.05) is 51.2 Å². The maximum absolute atomic E-state index is 12.8. The molecule has 0 spiro atoms. The molecule has 2 aliphatic heterocycles. The Morgan fingerprint density at radius 3 is 2.14 bits per heavy atom. The number of para-hydroxylation sites is 1. The Kier molecular flexibility index (Phi) is 6.73. The first-order valence-electron chi connectivity index (χ1n) is 9.90. The third kappa shape index (κ3) is 4.94. The molecule has 3 rings (SSSR count). The van der Waals surface area contributed by atoms with Gasteiger partial charge in [0.2, 0.25) is 5.91 Å². The Bertz CT molecular complexity index is 681. The summed E-state index contributed by atoms with van der Waals surface area (Å²) in [5.41, 5.74) is 0.769. The molecule has 4 amide bonds. The van der Waals surface area contributed by atoms with Crippen LogP contribution in [0.25, 0.3) is 0 Å². The van der Waals surface area contributed by atoms with Crippen LogP contribution in [0.1, 0.15) is 19.8 Å². The number of hydrogen-bond acceptors (Lipinski definition) is 4. The van der Waals surface area contributed by atoms with E-state index in [-0.39, 0.29) is 23.9 Å². The molecular formula is C20H28N4O4. The summed E-state index contributed by atoms with van der Waals surface area (Å²) in [4.78, 5) is 42.2. The van der Waals surface area contributed by atoms with Gasteiger partial charge in [-0.05, 0) is 31.9 Å². The molecule has 2 heterocycles. The van der Waals surface area contributed by atoms with Crippen LogP contribution in [0.15, 0.2) is 30.3 Å². The average molecular weight is 388 g/mol. The first kappa shape index (κ1) is 20.0. The fourth-order valence-corrected chi connectivity index (χ4v) is 3.64. The van der Waals surface area contributed by atoms with Crippen molar-refractivity contribution in [1.82, 2.24) is 14.7 Å². The Balaban J connectivity index is 1.43. The number of carbonyl (C=O) groups excluding carboxylic acids is 3. The fourth-order valence-electron chi connectivity index (χ4n) is 3.64. The molecule has 2 fully saturated rings. The summed E-state index contributed by atoms with van der Waals surface area (Å²) in [5.74, 6) is 0.0709. The Hall–Kier alpha value is -2.77. The average Bonchev–Trinajstić information content (AvgIpc) is 2.74. The Morgan fingerprint density at radius 2 is 1.54 bits per heavy atom. The number of amides is 4. The van der Waals surface area contributed by atoms with Gasteiger partial charge in [-0.25, -0.2) is 9.59 Å². The number of nitrogens with one attached hydrogen (secondary N) is 1. The minimum atomic E-state index is -0.313. The molecule has 1 aromatic carbocycles. The van der Waals surface area contributed by atoms with Crippen molar-refractivity contribution in [1.29, 1.82) is 0 Å². The second-order valence-corrected chi connectivity index (χ2v) is 7.07. The van der Waals surface area contributed by atoms with Crippen molar-refractivity contribution in [3.05, 3.63) is 30.3 Å². The smallest absolute Gasteiger partial charge is 0.409 e. The first-order chi connectivity index (χ1) is 13.6. The largest absolute Gasteiger partial charge is 0.450 e. The molecule has 8 nitrogen and oxygen atoms in total. The summed E-state index contributed by atoms with van der Waals surface area (Å²) < 4.78 is 5.01. The monoisotopic (exact) mass is 388 g/mol. The minimum absolute atomic E-state index is 0.0603. The molecule has 0 saturated carbocycles. The number of likely N-dealkylation sites (tertiary alicyclic amines) is 1. The molecule has 152 valence electrons. The third-order valence-corrected chi connectivity index (χ3v) is 5.27. The number of carbonyl (C=O) groups is 3. The maximum Gasteiger partial charge on any atom is 0.409 e. The number of benzene rings is 1. The van der Waals surface area contributed by atoms with Gasteiger partial charge in [-0.15, -0.1) is 0 Å². The van der Waals surface area contributed by atoms with E-state index >= 15 is 0 Å². The van der Waals surface area contributed by atoms with E-state index in [2.05, 4.69) is 5.32 Å². The highest BCUT2D eigenvalue weighted by Crippen LogP contribution is 2.21. The predicted octanol–water partition coefficient (Wildman–Crippen LogP) is 2.23. The van der Waals surface area contributed by atoms with Crippen molar-refractivity contribution in [2.24, 2.45) is 5.92 Å². The number of piperidine rings is 1. The van der Waals surface area contributed by atoms with Crippen LogP contribution in [0.5, 0.6) is 0 Å². The normalized spacial score (nSPS) is 18.0. The van der Waals surface area contributed by atoms with Crippen LogP contribution >= 0.6 is 0 Å². The van der Waals surface area contributed by atoms with E-state index in [1.54, 1.807) is 16.7 Å². The van der Waals surface area contributed by atoms with Gasteiger partial charge in [0.25, 0.3) is 0 Å². The van der Waals surface area contributed by atoms with Gasteiger partial charge in [0.15, 0.2) is 0 Å². The SMILES string of the molecule is CCOC(=O)N1CCN(C(=O)C2CCN(C(=O)Nc3ccccc3)CC2)CC1. The highest BCUT2D eigenvalue weighted by Gasteiger charge is 2.32. The molecule has 2 saturated heterocycles. The summed E-state index contributed by atoms with van der Waals surface area (Å²) in [5, 5.41) is 2.89. The predicted molar refractivity (Wildman–Crippen MR) is 105 cm³/mol. The number of piperazine rings is 1. The molecule has 0 radical (unpaired) electrons. The Morgan fingerprint density at radius 1 is 0.929 bits per heavy atom. The van der Waals surface area contributed by atoms with E-state index < -0.39 is 0 Å². The summed E-state index contributed by atoms with van der Waals surface area (Å²) in [6.45, 7) is 5.35. The van der Waals surface area contributed by atoms with Crippen LogP contribution in [0.2, 0.25) is 0 Å². The fraction of sp³-hybridized carbons (Fsp3) is 0.550. The Labute approximate surface area is 165 Å². The van der Waals surface area contributed by atoms with Crippen molar-refractivity contribution in [2.45, 2.75) is 19.8 Å². The number of ether oxygens (including phenoxy) is 1. The van der Waals surface area contributed by atoms with Crippen LogP contribution in [-0.4, -0.2) is 78.6 Å². The van der Waals surface area contributed by atoms with Crippen molar-refractivity contribution in [3.63, 3.8) is 0 Å². The van der Waals surface area contributed by atoms with E-state index in [4.69, 9.17) is 4.74 Å². The van der Waals surface area contributed by atoms with Gasteiger partial charge in [-0.2, -0.15) is 0 Å². The molecule has 28 heavy (non-hydrogen) atoms. The molecule has 0 aromatic heterocycles. The van der Waals surface area contributed by atoms with Crippen molar-refractivity contribution >= 4 is 23.7 Å². The zero-order valence-corrected chi connectivity index (χ0v) is 16.3. The molecular weight excluding hydrogens is 360 g/mol. The van der Waals surface area contributed by atoms with Gasteiger partial charge in [-0.1, -0.05) is 18.2 Å². The van der Waals surface area contributed by atoms with Gasteiger partial charge in [0.05, 0.1) is 6.61 Å². The van der Waals surface area contributed by atoms with E-state index in [9.17, 15) is 14.4 Å². The molecule has 0 unspecified atom stereocenters. The molecule has 1 N–H and O–H groups in total. The number of anilines is 1. The lowest BCUT2D eigenvalue weighted by Crippen LogP contribution is -2.53. The zero-order valence-electron chi connectivity index (χ0n) is 16.3. The van der Waals surface area contributed by atoms with Crippen LogP contribution in [0, 0.1) is 5.92 Å². The number of hydrogen-bond donors (Lipinski definition) is 1. The second kappa shape index (κ2) is 9.43.